The van der Waals surface area contributed by atoms with Crippen LogP contribution in [0.25, 0.3) is 16.7 Å². The van der Waals surface area contributed by atoms with E-state index in [-0.39, 0.29) is 11.5 Å². The number of benzene rings is 2. The van der Waals surface area contributed by atoms with E-state index in [1.807, 2.05) is 45.0 Å². The number of nitrogens with one attached hydrogen (secondary N) is 1. The summed E-state index contributed by atoms with van der Waals surface area (Å²) >= 11 is 0. The van der Waals surface area contributed by atoms with E-state index < -0.39 is 5.97 Å². The molecule has 0 saturated carbocycles. The van der Waals surface area contributed by atoms with Crippen molar-refractivity contribution in [3.63, 3.8) is 0 Å². The van der Waals surface area contributed by atoms with Crippen LogP contribution in [0.3, 0.4) is 0 Å². The molecule has 0 atom stereocenters. The molecular formula is C24H22N4O3. The van der Waals surface area contributed by atoms with Gasteiger partial charge in [-0.25, -0.2) is 14.5 Å². The number of carbonyl (C=O) groups excluding carboxylic acids is 2. The minimum absolute atomic E-state index is 0.285. The van der Waals surface area contributed by atoms with Crippen molar-refractivity contribution in [2.75, 3.05) is 12.4 Å². The summed E-state index contributed by atoms with van der Waals surface area (Å²) in [7, 11) is 1.31. The number of anilines is 1. The molecule has 0 aliphatic rings. The van der Waals surface area contributed by atoms with E-state index in [1.54, 1.807) is 35.0 Å². The van der Waals surface area contributed by atoms with Gasteiger partial charge >= 0.3 is 5.97 Å². The van der Waals surface area contributed by atoms with Crippen LogP contribution >= 0.6 is 0 Å². The van der Waals surface area contributed by atoms with Gasteiger partial charge in [0.15, 0.2) is 5.65 Å². The van der Waals surface area contributed by atoms with Crippen molar-refractivity contribution in [1.29, 1.82) is 0 Å². The highest BCUT2D eigenvalue weighted by molar-refractivity contribution is 6.14. The van der Waals surface area contributed by atoms with Gasteiger partial charge in [-0.15, -0.1) is 0 Å². The van der Waals surface area contributed by atoms with Gasteiger partial charge in [-0.2, -0.15) is 5.10 Å². The monoisotopic (exact) mass is 414 g/mol. The number of hydrogen-bond acceptors (Lipinski definition) is 5. The molecule has 4 rings (SSSR count). The zero-order chi connectivity index (χ0) is 22.1. The lowest BCUT2D eigenvalue weighted by Crippen LogP contribution is -2.16. The molecular weight excluding hydrogens is 392 g/mol. The smallest absolute Gasteiger partial charge is 0.339 e. The van der Waals surface area contributed by atoms with Gasteiger partial charge in [-0.05, 0) is 51.1 Å². The minimum Gasteiger partial charge on any atom is -0.465 e. The molecule has 0 spiro atoms. The Kier molecular flexibility index (Phi) is 5.25. The molecule has 1 amide bonds. The summed E-state index contributed by atoms with van der Waals surface area (Å²) in [6.45, 7) is 5.71. The maximum Gasteiger partial charge on any atom is 0.339 e. The lowest BCUT2D eigenvalue weighted by atomic mass is 10.1. The molecule has 2 aromatic carbocycles. The van der Waals surface area contributed by atoms with Gasteiger partial charge in [0.1, 0.15) is 0 Å². The van der Waals surface area contributed by atoms with Crippen LogP contribution in [0.5, 0.6) is 0 Å². The number of methoxy groups -OCH3 is 1. The number of fused-ring (bicyclic) bond motifs is 1. The Bertz CT molecular complexity index is 1310. The second kappa shape index (κ2) is 8.02. The number of rotatable bonds is 4. The van der Waals surface area contributed by atoms with E-state index >= 15 is 0 Å². The molecule has 0 radical (unpaired) electrons. The molecule has 4 aromatic rings. The zero-order valence-electron chi connectivity index (χ0n) is 17.8. The number of carbonyl (C=O) groups is 2. The molecule has 0 aliphatic carbocycles. The molecule has 0 saturated heterocycles. The first kappa shape index (κ1) is 20.3. The van der Waals surface area contributed by atoms with E-state index in [4.69, 9.17) is 4.74 Å². The van der Waals surface area contributed by atoms with E-state index in [1.165, 1.54) is 7.11 Å². The number of pyridine rings is 1. The molecule has 0 fully saturated rings. The first-order valence-electron chi connectivity index (χ1n) is 9.81. The SMILES string of the molecule is COC(=O)c1ccccc1NC(=O)c1cc(C)nc2c1c(C)nn2-c1ccc(C)cc1. The van der Waals surface area contributed by atoms with Gasteiger partial charge in [0.2, 0.25) is 0 Å². The summed E-state index contributed by atoms with van der Waals surface area (Å²) < 4.78 is 6.57. The average molecular weight is 414 g/mol. The van der Waals surface area contributed by atoms with E-state index in [0.29, 0.717) is 33.7 Å². The molecule has 7 heteroatoms. The Balaban J connectivity index is 1.81. The van der Waals surface area contributed by atoms with Gasteiger partial charge in [-0.1, -0.05) is 29.8 Å². The zero-order valence-corrected chi connectivity index (χ0v) is 17.8. The van der Waals surface area contributed by atoms with Crippen LogP contribution in [-0.2, 0) is 4.74 Å². The first-order chi connectivity index (χ1) is 14.9. The molecule has 2 heterocycles. The quantitative estimate of drug-likeness (QED) is 0.501. The number of para-hydroxylation sites is 1. The number of aryl methyl sites for hydroxylation is 3. The maximum atomic E-state index is 13.3. The van der Waals surface area contributed by atoms with Crippen LogP contribution in [0.1, 0.15) is 37.7 Å². The van der Waals surface area contributed by atoms with Crippen LogP contribution in [0.15, 0.2) is 54.6 Å². The normalized spacial score (nSPS) is 10.8. The Morgan fingerprint density at radius 3 is 2.39 bits per heavy atom. The summed E-state index contributed by atoms with van der Waals surface area (Å²) in [5.41, 5.74) is 5.10. The predicted molar refractivity (Wildman–Crippen MR) is 119 cm³/mol. The van der Waals surface area contributed by atoms with E-state index in [0.717, 1.165) is 11.3 Å². The van der Waals surface area contributed by atoms with Crippen LogP contribution in [-0.4, -0.2) is 33.8 Å². The Labute approximate surface area is 179 Å². The second-order valence-electron chi connectivity index (χ2n) is 7.33. The summed E-state index contributed by atoms with van der Waals surface area (Å²) in [6, 6.07) is 16.4. The molecule has 0 unspecified atom stereocenters. The van der Waals surface area contributed by atoms with Crippen molar-refractivity contribution in [2.45, 2.75) is 20.8 Å². The molecule has 0 bridgehead atoms. The second-order valence-corrected chi connectivity index (χ2v) is 7.33. The molecule has 7 nitrogen and oxygen atoms in total. The Morgan fingerprint density at radius 1 is 0.968 bits per heavy atom. The Hall–Kier alpha value is -4.00. The van der Waals surface area contributed by atoms with Crippen molar-refractivity contribution in [2.24, 2.45) is 0 Å². The minimum atomic E-state index is -0.518. The molecule has 0 aliphatic heterocycles. The number of esters is 1. The number of hydrogen-bond donors (Lipinski definition) is 1. The highest BCUT2D eigenvalue weighted by Gasteiger charge is 2.21. The van der Waals surface area contributed by atoms with E-state index in [2.05, 4.69) is 15.4 Å². The van der Waals surface area contributed by atoms with Gasteiger partial charge < -0.3 is 10.1 Å². The van der Waals surface area contributed by atoms with Crippen molar-refractivity contribution >= 4 is 28.6 Å². The van der Waals surface area contributed by atoms with Gasteiger partial charge in [0.25, 0.3) is 5.91 Å². The first-order valence-corrected chi connectivity index (χ1v) is 9.81. The van der Waals surface area contributed by atoms with Crippen molar-refractivity contribution < 1.29 is 14.3 Å². The summed E-state index contributed by atoms with van der Waals surface area (Å²) in [5, 5.41) is 8.15. The number of nitrogens with zero attached hydrogens (tertiary/aromatic N) is 3. The highest BCUT2D eigenvalue weighted by atomic mass is 16.5. The lowest BCUT2D eigenvalue weighted by molar-refractivity contribution is 0.0602. The van der Waals surface area contributed by atoms with Crippen molar-refractivity contribution in [3.8, 4) is 5.69 Å². The maximum absolute atomic E-state index is 13.3. The third kappa shape index (κ3) is 3.77. The Morgan fingerprint density at radius 2 is 1.68 bits per heavy atom. The highest BCUT2D eigenvalue weighted by Crippen LogP contribution is 2.26. The van der Waals surface area contributed by atoms with Crippen LogP contribution in [0.2, 0.25) is 0 Å². The summed E-state index contributed by atoms with van der Waals surface area (Å²) in [6.07, 6.45) is 0. The average Bonchev–Trinajstić information content (AvgIpc) is 3.09. The number of amides is 1. The van der Waals surface area contributed by atoms with Crippen molar-refractivity contribution in [3.05, 3.63) is 82.7 Å². The summed E-state index contributed by atoms with van der Waals surface area (Å²) in [5.74, 6) is -0.867. The fourth-order valence-corrected chi connectivity index (χ4v) is 3.53. The van der Waals surface area contributed by atoms with Gasteiger partial charge in [-0.3, -0.25) is 4.79 Å². The lowest BCUT2D eigenvalue weighted by Gasteiger charge is -2.11. The molecule has 156 valence electrons. The van der Waals surface area contributed by atoms with Gasteiger partial charge in [0.05, 0.1) is 40.7 Å². The third-order valence-corrected chi connectivity index (χ3v) is 5.04. The largest absolute Gasteiger partial charge is 0.465 e. The molecule has 31 heavy (non-hydrogen) atoms. The number of aromatic nitrogens is 3. The molecule has 1 N–H and O–H groups in total. The molecule has 2 aromatic heterocycles. The van der Waals surface area contributed by atoms with Gasteiger partial charge in [0, 0.05) is 5.69 Å². The number of ether oxygens (including phenoxy) is 1. The topological polar surface area (TPSA) is 86.1 Å². The van der Waals surface area contributed by atoms with Crippen LogP contribution < -0.4 is 5.32 Å². The fraction of sp³-hybridized carbons (Fsp3) is 0.167. The standard InChI is InChI=1S/C24H22N4O3/c1-14-9-11-17(12-10-14)28-22-21(16(3)27-28)19(13-15(2)25-22)23(29)26-20-8-6-5-7-18(20)24(30)31-4/h5-13H,1-4H3,(H,26,29). The van der Waals surface area contributed by atoms with E-state index in [9.17, 15) is 9.59 Å². The van der Waals surface area contributed by atoms with Crippen molar-refractivity contribution in [1.82, 2.24) is 14.8 Å². The van der Waals surface area contributed by atoms with Crippen LogP contribution in [0.4, 0.5) is 5.69 Å². The predicted octanol–water partition coefficient (Wildman–Crippen LogP) is 4.38. The fourth-order valence-electron chi connectivity index (χ4n) is 3.53. The summed E-state index contributed by atoms with van der Waals surface area (Å²) in [4.78, 5) is 30.0. The van der Waals surface area contributed by atoms with Crippen LogP contribution in [0, 0.1) is 20.8 Å². The third-order valence-electron chi connectivity index (χ3n) is 5.04.